The number of hydrogen-bond donors (Lipinski definition) is 0. The highest BCUT2D eigenvalue weighted by molar-refractivity contribution is 6.29. The molecule has 3 heterocycles. The molecule has 0 amide bonds. The van der Waals surface area contributed by atoms with Gasteiger partial charge in [-0.2, -0.15) is 23.4 Å². The van der Waals surface area contributed by atoms with Crippen molar-refractivity contribution in [1.82, 2.24) is 24.4 Å². The summed E-state index contributed by atoms with van der Waals surface area (Å²) in [5.74, 6) is 0. The molecule has 19 heavy (non-hydrogen) atoms. The number of hydrogen-bond acceptors (Lipinski definition) is 3. The monoisotopic (exact) mass is 287 g/mol. The zero-order valence-electron chi connectivity index (χ0n) is 9.13. The van der Waals surface area contributed by atoms with E-state index < -0.39 is 11.7 Å². The van der Waals surface area contributed by atoms with E-state index in [1.165, 1.54) is 16.8 Å². The van der Waals surface area contributed by atoms with Crippen LogP contribution in [0.15, 0.2) is 30.9 Å². The van der Waals surface area contributed by atoms with Gasteiger partial charge in [-0.05, 0) is 6.07 Å². The molecule has 3 aromatic heterocycles. The van der Waals surface area contributed by atoms with Gasteiger partial charge in [0.05, 0.1) is 18.0 Å². The van der Waals surface area contributed by atoms with Gasteiger partial charge in [0.15, 0.2) is 5.65 Å². The molecule has 0 radical (unpaired) electrons. The molecule has 0 atom stereocenters. The van der Waals surface area contributed by atoms with Gasteiger partial charge in [-0.3, -0.25) is 0 Å². The molecule has 0 spiro atoms. The van der Waals surface area contributed by atoms with Gasteiger partial charge in [0.2, 0.25) is 0 Å². The lowest BCUT2D eigenvalue weighted by molar-refractivity contribution is -0.137. The first-order valence-corrected chi connectivity index (χ1v) is 5.45. The fourth-order valence-electron chi connectivity index (χ4n) is 1.60. The van der Waals surface area contributed by atoms with Crippen molar-refractivity contribution in [1.29, 1.82) is 0 Å². The standard InChI is InChI=1S/C10H5ClF3N5/c11-8-1-2-18-9(17-8)7(4-16-18)19-5-6(3-15-19)10(12,13)14/h1-5H. The Kier molecular flexibility index (Phi) is 2.49. The van der Waals surface area contributed by atoms with E-state index in [4.69, 9.17) is 11.6 Å². The van der Waals surface area contributed by atoms with E-state index in [-0.39, 0.29) is 5.15 Å². The smallest absolute Gasteiger partial charge is 0.235 e. The zero-order chi connectivity index (χ0) is 13.6. The van der Waals surface area contributed by atoms with Crippen LogP contribution in [0.3, 0.4) is 0 Å². The quantitative estimate of drug-likeness (QED) is 0.646. The molecular formula is C10H5ClF3N5. The molecule has 0 aromatic carbocycles. The third-order valence-electron chi connectivity index (χ3n) is 2.47. The fourth-order valence-corrected chi connectivity index (χ4v) is 1.73. The normalized spacial score (nSPS) is 12.2. The van der Waals surface area contributed by atoms with Gasteiger partial charge >= 0.3 is 6.18 Å². The second kappa shape index (κ2) is 3.95. The Balaban J connectivity index is 2.14. The largest absolute Gasteiger partial charge is 0.419 e. The summed E-state index contributed by atoms with van der Waals surface area (Å²) in [7, 11) is 0. The summed E-state index contributed by atoms with van der Waals surface area (Å²) in [6.07, 6.45) is 0.105. The summed E-state index contributed by atoms with van der Waals surface area (Å²) in [6.45, 7) is 0. The van der Waals surface area contributed by atoms with E-state index in [2.05, 4.69) is 15.2 Å². The van der Waals surface area contributed by atoms with Gasteiger partial charge < -0.3 is 0 Å². The average molecular weight is 288 g/mol. The Morgan fingerprint density at radius 3 is 2.63 bits per heavy atom. The Bertz CT molecular complexity index is 745. The van der Waals surface area contributed by atoms with Gasteiger partial charge in [0.25, 0.3) is 0 Å². The summed E-state index contributed by atoms with van der Waals surface area (Å²) in [5.41, 5.74) is -0.198. The first kappa shape index (κ1) is 12.0. The molecular weight excluding hydrogens is 283 g/mol. The predicted molar refractivity (Wildman–Crippen MR) is 60.1 cm³/mol. The Morgan fingerprint density at radius 1 is 1.16 bits per heavy atom. The van der Waals surface area contributed by atoms with E-state index in [9.17, 15) is 13.2 Å². The summed E-state index contributed by atoms with van der Waals surface area (Å²) in [4.78, 5) is 4.01. The number of aromatic nitrogens is 5. The average Bonchev–Trinajstić information content (AvgIpc) is 2.92. The van der Waals surface area contributed by atoms with Gasteiger partial charge in [-0.15, -0.1) is 0 Å². The number of nitrogens with zero attached hydrogens (tertiary/aromatic N) is 5. The van der Waals surface area contributed by atoms with Crippen LogP contribution in [0, 0.1) is 0 Å². The lowest BCUT2D eigenvalue weighted by Gasteiger charge is -2.01. The van der Waals surface area contributed by atoms with Crippen molar-refractivity contribution in [3.63, 3.8) is 0 Å². The minimum atomic E-state index is -4.44. The van der Waals surface area contributed by atoms with Crippen molar-refractivity contribution in [3.05, 3.63) is 41.6 Å². The van der Waals surface area contributed by atoms with Crippen LogP contribution >= 0.6 is 11.6 Å². The third kappa shape index (κ3) is 2.03. The van der Waals surface area contributed by atoms with Crippen LogP contribution in [0.1, 0.15) is 5.56 Å². The van der Waals surface area contributed by atoms with Crippen molar-refractivity contribution >= 4 is 17.2 Å². The minimum Gasteiger partial charge on any atom is -0.235 e. The highest BCUT2D eigenvalue weighted by Gasteiger charge is 2.32. The molecule has 0 saturated heterocycles. The van der Waals surface area contributed by atoms with Crippen LogP contribution < -0.4 is 0 Å². The fraction of sp³-hybridized carbons (Fsp3) is 0.100. The van der Waals surface area contributed by atoms with Gasteiger partial charge in [-0.25, -0.2) is 14.2 Å². The van der Waals surface area contributed by atoms with Crippen LogP contribution in [-0.4, -0.2) is 24.4 Å². The minimum absolute atomic E-state index is 0.220. The van der Waals surface area contributed by atoms with Crippen molar-refractivity contribution in [3.8, 4) is 5.69 Å². The van der Waals surface area contributed by atoms with Gasteiger partial charge in [-0.1, -0.05) is 11.6 Å². The number of halogens is 4. The van der Waals surface area contributed by atoms with Crippen molar-refractivity contribution in [2.75, 3.05) is 0 Å². The Hall–Kier alpha value is -2.09. The topological polar surface area (TPSA) is 48.0 Å². The molecule has 0 saturated carbocycles. The molecule has 3 aromatic rings. The second-order valence-electron chi connectivity index (χ2n) is 3.72. The maximum atomic E-state index is 12.5. The maximum absolute atomic E-state index is 12.5. The molecule has 0 N–H and O–H groups in total. The molecule has 3 rings (SSSR count). The lowest BCUT2D eigenvalue weighted by Crippen LogP contribution is -2.03. The highest BCUT2D eigenvalue weighted by atomic mass is 35.5. The summed E-state index contributed by atoms with van der Waals surface area (Å²) >= 11 is 5.75. The molecule has 98 valence electrons. The van der Waals surface area contributed by atoms with E-state index in [0.717, 1.165) is 17.1 Å². The Morgan fingerprint density at radius 2 is 1.95 bits per heavy atom. The summed E-state index contributed by atoms with van der Waals surface area (Å²) in [6, 6.07) is 1.52. The third-order valence-corrected chi connectivity index (χ3v) is 2.68. The number of alkyl halides is 3. The molecule has 0 aliphatic carbocycles. The summed E-state index contributed by atoms with van der Waals surface area (Å²) in [5, 5.41) is 7.85. The van der Waals surface area contributed by atoms with Crippen LogP contribution in [-0.2, 0) is 6.18 Å². The molecule has 0 aliphatic rings. The van der Waals surface area contributed by atoms with Crippen LogP contribution in [0.25, 0.3) is 11.3 Å². The number of rotatable bonds is 1. The first-order chi connectivity index (χ1) is 8.95. The van der Waals surface area contributed by atoms with E-state index in [1.807, 2.05) is 0 Å². The van der Waals surface area contributed by atoms with E-state index in [0.29, 0.717) is 11.3 Å². The van der Waals surface area contributed by atoms with E-state index >= 15 is 0 Å². The van der Waals surface area contributed by atoms with Crippen molar-refractivity contribution in [2.24, 2.45) is 0 Å². The van der Waals surface area contributed by atoms with Crippen LogP contribution in [0.2, 0.25) is 5.15 Å². The highest BCUT2D eigenvalue weighted by Crippen LogP contribution is 2.29. The van der Waals surface area contributed by atoms with Gasteiger partial charge in [0.1, 0.15) is 10.8 Å². The number of fused-ring (bicyclic) bond motifs is 1. The first-order valence-electron chi connectivity index (χ1n) is 5.07. The molecule has 5 nitrogen and oxygen atoms in total. The van der Waals surface area contributed by atoms with Crippen LogP contribution in [0.5, 0.6) is 0 Å². The SMILES string of the molecule is FC(F)(F)c1cnn(-c2cnn3ccc(Cl)nc23)c1. The van der Waals surface area contributed by atoms with Crippen molar-refractivity contribution < 1.29 is 13.2 Å². The molecule has 9 heteroatoms. The maximum Gasteiger partial charge on any atom is 0.419 e. The lowest BCUT2D eigenvalue weighted by atomic mass is 10.3. The zero-order valence-corrected chi connectivity index (χ0v) is 9.89. The van der Waals surface area contributed by atoms with E-state index in [1.54, 1.807) is 6.20 Å². The second-order valence-corrected chi connectivity index (χ2v) is 4.11. The van der Waals surface area contributed by atoms with Crippen LogP contribution in [0.4, 0.5) is 13.2 Å². The summed E-state index contributed by atoms with van der Waals surface area (Å²) < 4.78 is 40.0. The molecule has 0 bridgehead atoms. The van der Waals surface area contributed by atoms with Crippen molar-refractivity contribution in [2.45, 2.75) is 6.18 Å². The Labute approximate surface area is 109 Å². The molecule has 0 unspecified atom stereocenters. The van der Waals surface area contributed by atoms with Gasteiger partial charge in [0, 0.05) is 12.4 Å². The molecule has 0 aliphatic heterocycles. The predicted octanol–water partition coefficient (Wildman–Crippen LogP) is 2.59. The molecule has 0 fully saturated rings.